The minimum atomic E-state index is -1.90. The molecule has 5 aromatic rings. The molecule has 10 rings (SSSR count). The van der Waals surface area contributed by atoms with Gasteiger partial charge in [-0.2, -0.15) is 0 Å². The first-order valence-electron chi connectivity index (χ1n) is 35.9. The molecule has 2 bridgehead atoms. The second kappa shape index (κ2) is 36.1. The van der Waals surface area contributed by atoms with Crippen LogP contribution in [0.1, 0.15) is 126 Å². The zero-order valence-electron chi connectivity index (χ0n) is 60.1. The van der Waals surface area contributed by atoms with Gasteiger partial charge in [-0.25, -0.2) is 13.2 Å². The number of amides is 9. The molecule has 568 valence electrons. The average Bonchev–Trinajstić information content (AvgIpc) is 1.54. The highest BCUT2D eigenvalue weighted by Crippen LogP contribution is 2.36. The van der Waals surface area contributed by atoms with E-state index in [4.69, 9.17) is 20.9 Å². The fraction of sp³-hybridized carbons (Fsp3) is 0.481. The number of hydrogen-bond donors (Lipinski definition) is 10. The summed E-state index contributed by atoms with van der Waals surface area (Å²) in [5.41, 5.74) is 13.5. The van der Waals surface area contributed by atoms with Crippen LogP contribution in [0.5, 0.6) is 11.5 Å². The predicted molar refractivity (Wildman–Crippen MR) is 383 cm³/mol. The lowest BCUT2D eigenvalue weighted by atomic mass is 9.84. The summed E-state index contributed by atoms with van der Waals surface area (Å²) in [6.07, 6.45) is -1.79. The van der Waals surface area contributed by atoms with Crippen LogP contribution >= 0.6 is 0 Å². The number of Topliss-reactive ketones (excluding diaryl/α,β-unsaturated/α-hetero) is 3. The van der Waals surface area contributed by atoms with Crippen LogP contribution in [0.25, 0.3) is 16.5 Å². The Balaban J connectivity index is 1.06. The number of methoxy groups -OCH3 is 1. The molecule has 2 saturated heterocycles. The average molecular weight is 1470 g/mol. The fourth-order valence-electron chi connectivity index (χ4n) is 14.3. The monoisotopic (exact) mass is 1470 g/mol. The number of halogens is 3. The van der Waals surface area contributed by atoms with Gasteiger partial charge in [-0.1, -0.05) is 36.4 Å². The van der Waals surface area contributed by atoms with E-state index in [2.05, 4.69) is 36.9 Å². The van der Waals surface area contributed by atoms with Crippen molar-refractivity contribution in [2.45, 2.75) is 178 Å². The van der Waals surface area contributed by atoms with Gasteiger partial charge in [-0.05, 0) is 180 Å². The maximum Gasteiger partial charge on any atom is 0.257 e. The minimum Gasteiger partial charge on any atom is -0.497 e. The number of aliphatic hydroxyl groups excluding tert-OH is 1. The van der Waals surface area contributed by atoms with Gasteiger partial charge in [0.15, 0.2) is 18.2 Å². The molecule has 5 heterocycles. The fourth-order valence-corrected chi connectivity index (χ4v) is 14.3. The summed E-state index contributed by atoms with van der Waals surface area (Å²) in [5.74, 6) is -13.6. The first-order chi connectivity index (χ1) is 50.5. The van der Waals surface area contributed by atoms with Gasteiger partial charge >= 0.3 is 0 Å². The molecule has 2 fully saturated rings. The van der Waals surface area contributed by atoms with E-state index in [9.17, 15) is 52.6 Å². The number of benzene rings is 4. The Labute approximate surface area is 611 Å². The number of rotatable bonds is 15. The molecular formula is C77H94F3N11O15. The number of unbranched alkanes of at least 4 members (excludes halogenated alkanes) is 1. The normalized spacial score (nSPS) is 25.8. The van der Waals surface area contributed by atoms with Crippen molar-refractivity contribution in [3.8, 4) is 11.5 Å². The van der Waals surface area contributed by atoms with Gasteiger partial charge in [-0.15, -0.1) is 0 Å². The Morgan fingerprint density at radius 2 is 1.46 bits per heavy atom. The highest BCUT2D eigenvalue weighted by molar-refractivity contribution is 6.01. The molecule has 106 heavy (non-hydrogen) atoms. The standard InChI is InChI=1S/C77H94F3N11O15/c1-42(92)29-49-24-27-83-67(96)41-106-57-21-12-45(13-22-57)30-50(69(82)97)35-66(95)77(4)25-8-28-91(77)76(104)62(31-46-10-19-56(105-5)20-11-46)88-74(102)68(44(3)93)89-73(101)64-38-55(80)40-90(64)75(103)63(33-48-15-14-47-16-17-53(78)36-58(47)48)87-71(99)51(32-52-39-84-60-23-18-54(79)37-59(52)60)34-65(94)43(2)85-72(100)61(86-70(49)98)9-6-7-26-81/h10-13,15-23,36-37,39,43-44,49-51,55,61-64,68,84,93H,6-9,14,24-35,38,40-41,81H2,1-5H3,(H2,82,97)(H,83,96)(H,85,100)(H,86,98)(H,87,99)(H,88,102)(H,89,101)/t43-,44-,49-,50-,51-,55+,61+,62+,63+,64+,68+,77+/m1/s1. The van der Waals surface area contributed by atoms with Crippen molar-refractivity contribution in [3.05, 3.63) is 137 Å². The number of aromatic amines is 1. The predicted octanol–water partition coefficient (Wildman–Crippen LogP) is 3.92. The second-order valence-corrected chi connectivity index (χ2v) is 28.3. The van der Waals surface area contributed by atoms with Gasteiger partial charge in [0.2, 0.25) is 47.3 Å². The van der Waals surface area contributed by atoms with Gasteiger partial charge in [0.1, 0.15) is 65.3 Å². The Morgan fingerprint density at radius 3 is 2.16 bits per heavy atom. The number of ether oxygens (including phenoxy) is 2. The first kappa shape index (κ1) is 79.8. The summed E-state index contributed by atoms with van der Waals surface area (Å²) >= 11 is 0. The molecule has 0 spiro atoms. The summed E-state index contributed by atoms with van der Waals surface area (Å²) in [6.45, 7) is 4.31. The van der Waals surface area contributed by atoms with Gasteiger partial charge in [0, 0.05) is 86.5 Å². The topological polar surface area (TPSA) is 390 Å². The van der Waals surface area contributed by atoms with E-state index in [1.54, 1.807) is 67.6 Å². The molecule has 0 unspecified atom stereocenters. The molecule has 4 aliphatic heterocycles. The van der Waals surface area contributed by atoms with Crippen LogP contribution in [-0.4, -0.2) is 184 Å². The summed E-state index contributed by atoms with van der Waals surface area (Å²) in [4.78, 5) is 178. The van der Waals surface area contributed by atoms with Crippen molar-refractivity contribution in [2.75, 3.05) is 39.9 Å². The van der Waals surface area contributed by atoms with Crippen LogP contribution in [0.4, 0.5) is 13.2 Å². The number of allylic oxidation sites excluding steroid dienone is 1. The van der Waals surface area contributed by atoms with Crippen LogP contribution in [0.3, 0.4) is 0 Å². The number of hydrogen-bond acceptors (Lipinski definition) is 16. The number of fused-ring (bicyclic) bond motifs is 32. The molecular weight excluding hydrogens is 1380 g/mol. The number of aliphatic hydroxyl groups is 1. The smallest absolute Gasteiger partial charge is 0.257 e. The Bertz CT molecular complexity index is 4130. The Hall–Kier alpha value is -10.3. The first-order valence-corrected chi connectivity index (χ1v) is 35.9. The number of primary amides is 1. The van der Waals surface area contributed by atoms with Crippen molar-refractivity contribution < 1.29 is 85.3 Å². The molecule has 1 aliphatic carbocycles. The number of H-pyrrole nitrogens is 1. The molecule has 5 aliphatic rings. The Kier molecular flexibility index (Phi) is 27.2. The zero-order chi connectivity index (χ0) is 76.7. The molecule has 26 nitrogen and oxygen atoms in total. The summed E-state index contributed by atoms with van der Waals surface area (Å²) < 4.78 is 57.4. The number of nitrogens with zero attached hydrogens (tertiary/aromatic N) is 2. The van der Waals surface area contributed by atoms with E-state index >= 15 is 23.2 Å². The third kappa shape index (κ3) is 20.4. The van der Waals surface area contributed by atoms with Crippen LogP contribution in [0, 0.1) is 29.4 Å². The minimum absolute atomic E-state index is 0.0225. The number of alkyl halides is 1. The van der Waals surface area contributed by atoms with Crippen LogP contribution in [0.2, 0.25) is 0 Å². The largest absolute Gasteiger partial charge is 0.497 e. The lowest BCUT2D eigenvalue weighted by Gasteiger charge is -2.37. The van der Waals surface area contributed by atoms with Crippen LogP contribution < -0.4 is 52.8 Å². The maximum absolute atomic E-state index is 16.2. The van der Waals surface area contributed by atoms with Gasteiger partial charge < -0.3 is 77.5 Å². The molecule has 0 saturated carbocycles. The third-order valence-corrected chi connectivity index (χ3v) is 20.4. The maximum atomic E-state index is 16.2. The van der Waals surface area contributed by atoms with E-state index in [1.807, 2.05) is 0 Å². The molecule has 12 N–H and O–H groups in total. The van der Waals surface area contributed by atoms with E-state index in [1.165, 1.54) is 69.3 Å². The molecule has 9 amide bonds. The zero-order valence-corrected chi connectivity index (χ0v) is 60.1. The van der Waals surface area contributed by atoms with E-state index in [0.29, 0.717) is 69.3 Å². The van der Waals surface area contributed by atoms with E-state index < -0.39 is 181 Å². The highest BCUT2D eigenvalue weighted by atomic mass is 19.1. The van der Waals surface area contributed by atoms with Gasteiger partial charge in [0.25, 0.3) is 5.91 Å². The number of ketones is 3. The summed E-state index contributed by atoms with van der Waals surface area (Å²) in [6, 6.07) is 11.3. The lowest BCUT2D eigenvalue weighted by Crippen LogP contribution is -2.62. The molecule has 0 radical (unpaired) electrons. The van der Waals surface area contributed by atoms with Crippen molar-refractivity contribution in [2.24, 2.45) is 29.2 Å². The van der Waals surface area contributed by atoms with Crippen molar-refractivity contribution in [1.82, 2.24) is 46.7 Å². The van der Waals surface area contributed by atoms with Crippen molar-refractivity contribution in [1.29, 1.82) is 0 Å². The van der Waals surface area contributed by atoms with Crippen molar-refractivity contribution in [3.63, 3.8) is 0 Å². The number of aromatic nitrogens is 1. The summed E-state index contributed by atoms with van der Waals surface area (Å²) in [7, 11) is 1.46. The molecule has 12 atom stereocenters. The third-order valence-electron chi connectivity index (χ3n) is 20.4. The van der Waals surface area contributed by atoms with Gasteiger partial charge in [0.05, 0.1) is 31.3 Å². The van der Waals surface area contributed by atoms with Gasteiger partial charge in [-0.3, -0.25) is 52.7 Å². The summed E-state index contributed by atoms with van der Waals surface area (Å²) in [5, 5.41) is 27.7. The quantitative estimate of drug-likeness (QED) is 0.0664. The van der Waals surface area contributed by atoms with E-state index in [-0.39, 0.29) is 89.0 Å². The molecule has 29 heteroatoms. The highest BCUT2D eigenvalue weighted by Gasteiger charge is 2.49. The molecule has 1 aromatic heterocycles. The number of nitrogens with one attached hydrogen (secondary N) is 7. The SMILES string of the molecule is COc1ccc(C[C@@H]2NC(=O)[C@H]([C@@H](C)O)NC(=O)[C@@H]3C[C@H](F)CN3C(=O)[C@H](CC3=CCc4ccc(F)cc43)NC(=O)[C@H](Cc3c[nH]c4ccc(F)cc34)CC(=O)[C@@H](C)NC(=O)[C@H](CCCCN)NC(=O)[C@@H](CC(C)=O)CCNC(=O)COc3ccc(cc3)C[C@@H](C(N)=O)CC(=O)[C@]3(C)CCCN3C2=O)cc1. The Morgan fingerprint density at radius 1 is 0.774 bits per heavy atom. The van der Waals surface area contributed by atoms with E-state index in [0.717, 1.165) is 4.90 Å². The lowest BCUT2D eigenvalue weighted by molar-refractivity contribution is -0.147. The van der Waals surface area contributed by atoms with Crippen LogP contribution in [0.15, 0.2) is 97.2 Å². The molecule has 4 aromatic carbocycles. The number of nitrogens with two attached hydrogens (primary N) is 2. The van der Waals surface area contributed by atoms with Crippen LogP contribution in [-0.2, 0) is 83.2 Å². The number of carbonyl (C=O) groups excluding carboxylic acids is 12. The number of carbonyl (C=O) groups is 12. The van der Waals surface area contributed by atoms with Crippen molar-refractivity contribution >= 4 is 87.0 Å². The second-order valence-electron chi connectivity index (χ2n) is 28.3.